The lowest BCUT2D eigenvalue weighted by Crippen LogP contribution is -2.54. The van der Waals surface area contributed by atoms with E-state index in [2.05, 4.69) is 15.6 Å². The van der Waals surface area contributed by atoms with Crippen LogP contribution in [0, 0.1) is 5.92 Å². The molecule has 1 aliphatic carbocycles. The second-order valence-electron chi connectivity index (χ2n) is 8.13. The van der Waals surface area contributed by atoms with Gasteiger partial charge in [0.25, 0.3) is 5.91 Å². The van der Waals surface area contributed by atoms with Crippen LogP contribution in [0.5, 0.6) is 5.75 Å². The van der Waals surface area contributed by atoms with Crippen molar-refractivity contribution >= 4 is 23.5 Å². The Hall–Kier alpha value is -3.42. The van der Waals surface area contributed by atoms with Gasteiger partial charge in [0.05, 0.1) is 5.69 Å². The average Bonchev–Trinajstić information content (AvgIpc) is 3.00. The third-order valence-corrected chi connectivity index (χ3v) is 6.03. The highest BCUT2D eigenvalue weighted by molar-refractivity contribution is 6.10. The van der Waals surface area contributed by atoms with Gasteiger partial charge in [-0.2, -0.15) is 0 Å². The number of hydrogen-bond donors (Lipinski definition) is 2. The molecule has 31 heavy (non-hydrogen) atoms. The molecule has 2 aromatic rings. The molecule has 8 nitrogen and oxygen atoms in total. The first-order chi connectivity index (χ1) is 15.0. The van der Waals surface area contributed by atoms with Crippen LogP contribution in [-0.4, -0.2) is 39.8 Å². The van der Waals surface area contributed by atoms with Crippen molar-refractivity contribution in [1.82, 2.24) is 15.2 Å². The molecule has 1 saturated heterocycles. The van der Waals surface area contributed by atoms with Crippen LogP contribution >= 0.6 is 0 Å². The Morgan fingerprint density at radius 3 is 2.90 bits per heavy atom. The van der Waals surface area contributed by atoms with Gasteiger partial charge in [-0.1, -0.05) is 31.9 Å². The quantitative estimate of drug-likeness (QED) is 0.697. The van der Waals surface area contributed by atoms with Crippen molar-refractivity contribution in [1.29, 1.82) is 0 Å². The third kappa shape index (κ3) is 4.38. The maximum Gasteiger partial charge on any atom is 0.325 e. The Kier molecular flexibility index (Phi) is 5.88. The van der Waals surface area contributed by atoms with Crippen LogP contribution in [0.1, 0.15) is 38.3 Å². The van der Waals surface area contributed by atoms with Crippen LogP contribution in [-0.2, 0) is 16.2 Å². The molecule has 0 bridgehead atoms. The molecule has 4 amide bonds. The fourth-order valence-corrected chi connectivity index (χ4v) is 4.29. The third-order valence-electron chi connectivity index (χ3n) is 6.03. The van der Waals surface area contributed by atoms with E-state index < -0.39 is 17.5 Å². The minimum absolute atomic E-state index is 0.0543. The number of aromatic nitrogens is 1. The zero-order valence-electron chi connectivity index (χ0n) is 17.5. The fourth-order valence-electron chi connectivity index (χ4n) is 4.29. The molecule has 2 unspecified atom stereocenters. The van der Waals surface area contributed by atoms with Crippen molar-refractivity contribution in [3.8, 4) is 5.75 Å². The first-order valence-corrected chi connectivity index (χ1v) is 10.5. The van der Waals surface area contributed by atoms with Gasteiger partial charge in [-0.25, -0.2) is 4.79 Å². The lowest BCUT2D eigenvalue weighted by Gasteiger charge is -2.36. The number of urea groups is 1. The van der Waals surface area contributed by atoms with E-state index in [1.165, 1.54) is 0 Å². The maximum absolute atomic E-state index is 13.0. The van der Waals surface area contributed by atoms with Crippen molar-refractivity contribution in [3.63, 3.8) is 0 Å². The summed E-state index contributed by atoms with van der Waals surface area (Å²) >= 11 is 0. The molecule has 2 fully saturated rings. The molecule has 1 aromatic heterocycles. The molecule has 2 N–H and O–H groups in total. The summed E-state index contributed by atoms with van der Waals surface area (Å²) in [6.45, 7) is 1.97. The predicted molar refractivity (Wildman–Crippen MR) is 114 cm³/mol. The first kappa shape index (κ1) is 20.8. The molecular weight excluding hydrogens is 396 g/mol. The van der Waals surface area contributed by atoms with E-state index in [1.807, 2.05) is 25.1 Å². The molecule has 2 atom stereocenters. The summed E-state index contributed by atoms with van der Waals surface area (Å²) in [5.74, 6) is -0.106. The van der Waals surface area contributed by atoms with Gasteiger partial charge in [0, 0.05) is 18.0 Å². The van der Waals surface area contributed by atoms with Gasteiger partial charge >= 0.3 is 6.03 Å². The largest absolute Gasteiger partial charge is 0.487 e. The van der Waals surface area contributed by atoms with Crippen molar-refractivity contribution in [3.05, 3.63) is 54.4 Å². The molecule has 1 saturated carbocycles. The Morgan fingerprint density at radius 1 is 1.26 bits per heavy atom. The second-order valence-corrected chi connectivity index (χ2v) is 8.13. The number of nitrogens with one attached hydrogen (secondary N) is 2. The molecule has 2 aliphatic rings. The Morgan fingerprint density at radius 2 is 2.13 bits per heavy atom. The Balaban J connectivity index is 1.36. The number of carbonyl (C=O) groups is 3. The fraction of sp³-hybridized carbons (Fsp3) is 0.391. The molecule has 8 heteroatoms. The summed E-state index contributed by atoms with van der Waals surface area (Å²) in [6, 6.07) is 12.0. The van der Waals surface area contributed by atoms with E-state index in [1.54, 1.807) is 30.5 Å². The number of amides is 4. The lowest BCUT2D eigenvalue weighted by molar-refractivity contribution is -0.136. The number of benzene rings is 1. The number of pyridine rings is 1. The van der Waals surface area contributed by atoms with Crippen LogP contribution in [0.4, 0.5) is 10.5 Å². The van der Waals surface area contributed by atoms with Crippen molar-refractivity contribution in [2.45, 2.75) is 44.8 Å². The Labute approximate surface area is 181 Å². The molecule has 1 aromatic carbocycles. The SMILES string of the molecule is CC1CCCCC12NC(=O)N(CC(=O)Nc1cccc(OCc3ccccn3)c1)C2=O. The number of anilines is 1. The van der Waals surface area contributed by atoms with Gasteiger partial charge in [0.1, 0.15) is 24.4 Å². The van der Waals surface area contributed by atoms with Gasteiger partial charge in [0.2, 0.25) is 5.91 Å². The van der Waals surface area contributed by atoms with E-state index in [0.29, 0.717) is 24.5 Å². The summed E-state index contributed by atoms with van der Waals surface area (Å²) in [6.07, 6.45) is 5.14. The average molecular weight is 422 g/mol. The maximum atomic E-state index is 13.0. The van der Waals surface area contributed by atoms with E-state index in [0.717, 1.165) is 29.9 Å². The van der Waals surface area contributed by atoms with Gasteiger partial charge in [-0.3, -0.25) is 19.5 Å². The topological polar surface area (TPSA) is 101 Å². The minimum atomic E-state index is -0.866. The van der Waals surface area contributed by atoms with Crippen molar-refractivity contribution in [2.75, 3.05) is 11.9 Å². The van der Waals surface area contributed by atoms with Crippen molar-refractivity contribution in [2.24, 2.45) is 5.92 Å². The zero-order chi connectivity index (χ0) is 21.8. The highest BCUT2D eigenvalue weighted by atomic mass is 16.5. The molecule has 1 aliphatic heterocycles. The summed E-state index contributed by atoms with van der Waals surface area (Å²) in [5.41, 5.74) is 0.451. The summed E-state index contributed by atoms with van der Waals surface area (Å²) in [4.78, 5) is 43.3. The highest BCUT2D eigenvalue weighted by Crippen LogP contribution is 2.38. The molecule has 0 radical (unpaired) electrons. The summed E-state index contributed by atoms with van der Waals surface area (Å²) in [5, 5.41) is 5.60. The first-order valence-electron chi connectivity index (χ1n) is 10.5. The van der Waals surface area contributed by atoms with E-state index in [9.17, 15) is 14.4 Å². The van der Waals surface area contributed by atoms with Crippen LogP contribution in [0.15, 0.2) is 48.7 Å². The van der Waals surface area contributed by atoms with Gasteiger partial charge in [0.15, 0.2) is 0 Å². The second kappa shape index (κ2) is 8.75. The van der Waals surface area contributed by atoms with Crippen LogP contribution < -0.4 is 15.4 Å². The molecule has 1 spiro atoms. The highest BCUT2D eigenvalue weighted by Gasteiger charge is 2.55. The monoisotopic (exact) mass is 422 g/mol. The molecule has 2 heterocycles. The normalized spacial score (nSPS) is 23.0. The number of carbonyl (C=O) groups excluding carboxylic acids is 3. The van der Waals surface area contributed by atoms with E-state index in [-0.39, 0.29) is 18.4 Å². The summed E-state index contributed by atoms with van der Waals surface area (Å²) in [7, 11) is 0. The van der Waals surface area contributed by atoms with Gasteiger partial charge in [-0.05, 0) is 43.0 Å². The molecule has 4 rings (SSSR count). The number of hydrogen-bond acceptors (Lipinski definition) is 5. The van der Waals surface area contributed by atoms with E-state index >= 15 is 0 Å². The Bertz CT molecular complexity index is 981. The lowest BCUT2D eigenvalue weighted by atomic mass is 9.73. The van der Waals surface area contributed by atoms with Crippen molar-refractivity contribution < 1.29 is 19.1 Å². The minimum Gasteiger partial charge on any atom is -0.487 e. The number of imide groups is 1. The predicted octanol–water partition coefficient (Wildman–Crippen LogP) is 3.10. The van der Waals surface area contributed by atoms with E-state index in [4.69, 9.17) is 4.74 Å². The molecular formula is C23H26N4O4. The zero-order valence-corrected chi connectivity index (χ0v) is 17.5. The smallest absolute Gasteiger partial charge is 0.325 e. The van der Waals surface area contributed by atoms with Gasteiger partial charge < -0.3 is 15.4 Å². The molecule has 162 valence electrons. The number of ether oxygens (including phenoxy) is 1. The van der Waals surface area contributed by atoms with Crippen LogP contribution in [0.3, 0.4) is 0 Å². The standard InChI is InChI=1S/C23H26N4O4/c1-16-7-2-4-11-23(16)21(29)27(22(30)26-23)14-20(28)25-17-9-6-10-19(13-17)31-15-18-8-3-5-12-24-18/h3,5-6,8-10,12-13,16H,2,4,7,11,14-15H2,1H3,(H,25,28)(H,26,30). The summed E-state index contributed by atoms with van der Waals surface area (Å²) < 4.78 is 5.73. The van der Waals surface area contributed by atoms with Crippen LogP contribution in [0.25, 0.3) is 0 Å². The van der Waals surface area contributed by atoms with Crippen LogP contribution in [0.2, 0.25) is 0 Å². The number of nitrogens with zero attached hydrogens (tertiary/aromatic N) is 2. The van der Waals surface area contributed by atoms with Gasteiger partial charge in [-0.15, -0.1) is 0 Å². The number of rotatable bonds is 6.